The molecule has 1 amide bonds. The van der Waals surface area contributed by atoms with Gasteiger partial charge in [-0.2, -0.15) is 5.26 Å². The second kappa shape index (κ2) is 6.90. The number of piperazine rings is 1. The molecule has 24 heavy (non-hydrogen) atoms. The number of aromatic nitrogens is 1. The zero-order valence-electron chi connectivity index (χ0n) is 14.2. The molecule has 1 aromatic carbocycles. The van der Waals surface area contributed by atoms with E-state index in [1.165, 1.54) is 0 Å². The molecule has 3 rings (SSSR count). The van der Waals surface area contributed by atoms with Crippen LogP contribution >= 0.6 is 0 Å². The van der Waals surface area contributed by atoms with E-state index >= 15 is 0 Å². The Morgan fingerprint density at radius 2 is 1.96 bits per heavy atom. The van der Waals surface area contributed by atoms with Gasteiger partial charge in [0.1, 0.15) is 11.8 Å². The number of hydrogen-bond acceptors (Lipinski definition) is 3. The van der Waals surface area contributed by atoms with Gasteiger partial charge < -0.3 is 14.4 Å². The third-order valence-corrected chi connectivity index (χ3v) is 4.60. The van der Waals surface area contributed by atoms with Crippen LogP contribution in [0.25, 0.3) is 5.69 Å². The molecule has 0 radical (unpaired) electrons. The van der Waals surface area contributed by atoms with Crippen molar-refractivity contribution >= 4 is 5.91 Å². The second-order valence-electron chi connectivity index (χ2n) is 6.13. The Morgan fingerprint density at radius 1 is 1.21 bits per heavy atom. The van der Waals surface area contributed by atoms with Crippen molar-refractivity contribution in [2.24, 2.45) is 0 Å². The molecule has 0 atom stereocenters. The Kier molecular flexibility index (Phi) is 4.68. The minimum atomic E-state index is -0.0613. The first-order valence-corrected chi connectivity index (χ1v) is 8.34. The highest BCUT2D eigenvalue weighted by molar-refractivity contribution is 5.96. The number of benzene rings is 1. The summed E-state index contributed by atoms with van der Waals surface area (Å²) in [6.45, 7) is 8.33. The van der Waals surface area contributed by atoms with E-state index < -0.39 is 0 Å². The van der Waals surface area contributed by atoms with Crippen LogP contribution in [-0.2, 0) is 0 Å². The van der Waals surface area contributed by atoms with Gasteiger partial charge in [-0.05, 0) is 37.2 Å². The van der Waals surface area contributed by atoms with Crippen molar-refractivity contribution in [3.63, 3.8) is 0 Å². The molecule has 1 aromatic heterocycles. The lowest BCUT2D eigenvalue weighted by molar-refractivity contribution is 0.0635. The Balaban J connectivity index is 1.94. The first kappa shape index (κ1) is 16.3. The zero-order chi connectivity index (χ0) is 17.1. The lowest BCUT2D eigenvalue weighted by Gasteiger charge is -2.34. The smallest absolute Gasteiger partial charge is 0.272 e. The van der Waals surface area contributed by atoms with Gasteiger partial charge in [0.15, 0.2) is 0 Å². The highest BCUT2D eigenvalue weighted by Gasteiger charge is 2.26. The van der Waals surface area contributed by atoms with Crippen LogP contribution < -0.4 is 0 Å². The number of carbonyl (C=O) groups excluding carboxylic acids is 1. The van der Waals surface area contributed by atoms with Crippen LogP contribution in [0.4, 0.5) is 0 Å². The summed E-state index contributed by atoms with van der Waals surface area (Å²) in [4.78, 5) is 17.2. The topological polar surface area (TPSA) is 52.3 Å². The monoisotopic (exact) mass is 322 g/mol. The molecule has 1 aliphatic rings. The summed E-state index contributed by atoms with van der Waals surface area (Å²) in [5.41, 5.74) is 2.93. The van der Waals surface area contributed by atoms with Crippen LogP contribution in [0.2, 0.25) is 0 Å². The molecule has 0 bridgehead atoms. The van der Waals surface area contributed by atoms with Gasteiger partial charge in [0.05, 0.1) is 5.56 Å². The Hall–Kier alpha value is -2.58. The van der Waals surface area contributed by atoms with Crippen molar-refractivity contribution in [1.29, 1.82) is 5.26 Å². The zero-order valence-corrected chi connectivity index (χ0v) is 14.2. The molecule has 0 aliphatic carbocycles. The normalized spacial score (nSPS) is 15.3. The molecule has 0 spiro atoms. The van der Waals surface area contributed by atoms with Gasteiger partial charge >= 0.3 is 0 Å². The van der Waals surface area contributed by atoms with Crippen molar-refractivity contribution in [2.45, 2.75) is 13.8 Å². The van der Waals surface area contributed by atoms with E-state index in [0.29, 0.717) is 24.3 Å². The number of nitrogens with zero attached hydrogens (tertiary/aromatic N) is 4. The number of rotatable bonds is 3. The third-order valence-electron chi connectivity index (χ3n) is 4.60. The van der Waals surface area contributed by atoms with Crippen LogP contribution in [0.3, 0.4) is 0 Å². The van der Waals surface area contributed by atoms with Crippen molar-refractivity contribution < 1.29 is 4.79 Å². The molecule has 1 fully saturated rings. The summed E-state index contributed by atoms with van der Waals surface area (Å²) in [5.74, 6) is -0.0613. The largest absolute Gasteiger partial charge is 0.335 e. The minimum absolute atomic E-state index is 0.0613. The van der Waals surface area contributed by atoms with Gasteiger partial charge in [-0.25, -0.2) is 0 Å². The van der Waals surface area contributed by atoms with E-state index in [2.05, 4.69) is 17.9 Å². The van der Waals surface area contributed by atoms with Crippen LogP contribution in [0, 0.1) is 18.3 Å². The lowest BCUT2D eigenvalue weighted by atomic mass is 10.2. The molecule has 2 heterocycles. The van der Waals surface area contributed by atoms with E-state index in [1.54, 1.807) is 6.07 Å². The fourth-order valence-electron chi connectivity index (χ4n) is 3.15. The molecule has 124 valence electrons. The molecular weight excluding hydrogens is 300 g/mol. The van der Waals surface area contributed by atoms with Crippen LogP contribution in [0.15, 0.2) is 36.5 Å². The van der Waals surface area contributed by atoms with Gasteiger partial charge in [-0.15, -0.1) is 0 Å². The van der Waals surface area contributed by atoms with Crippen molar-refractivity contribution in [3.05, 3.63) is 53.3 Å². The first-order chi connectivity index (χ1) is 11.6. The van der Waals surface area contributed by atoms with Crippen LogP contribution in [0.5, 0.6) is 0 Å². The average molecular weight is 322 g/mol. The summed E-state index contributed by atoms with van der Waals surface area (Å²) in [6.07, 6.45) is 1.81. The van der Waals surface area contributed by atoms with Gasteiger partial charge in [0.25, 0.3) is 5.91 Å². The first-order valence-electron chi connectivity index (χ1n) is 8.34. The van der Waals surface area contributed by atoms with Gasteiger partial charge in [-0.3, -0.25) is 4.79 Å². The van der Waals surface area contributed by atoms with Gasteiger partial charge in [0.2, 0.25) is 0 Å². The highest BCUT2D eigenvalue weighted by atomic mass is 16.2. The summed E-state index contributed by atoms with van der Waals surface area (Å²) < 4.78 is 1.83. The van der Waals surface area contributed by atoms with Gasteiger partial charge in [-0.1, -0.05) is 19.1 Å². The summed E-state index contributed by atoms with van der Waals surface area (Å²) >= 11 is 0. The Morgan fingerprint density at radius 3 is 2.58 bits per heavy atom. The van der Waals surface area contributed by atoms with Crippen molar-refractivity contribution in [1.82, 2.24) is 14.4 Å². The molecular formula is C19H22N4O. The molecule has 1 aliphatic heterocycles. The van der Waals surface area contributed by atoms with E-state index in [-0.39, 0.29) is 5.91 Å². The standard InChI is InChI=1S/C19H22N4O/c1-3-21-9-11-22(12-10-21)19(24)18-16(14-20)7-8-23(18)17-6-4-5-15(2)13-17/h4-8,13H,3,9-12H2,1-2H3. The maximum Gasteiger partial charge on any atom is 0.272 e. The predicted molar refractivity (Wildman–Crippen MR) is 93.2 cm³/mol. The molecule has 0 N–H and O–H groups in total. The number of hydrogen-bond donors (Lipinski definition) is 0. The SMILES string of the molecule is CCN1CCN(C(=O)c2c(C#N)ccn2-c2cccc(C)c2)CC1. The number of nitriles is 1. The third kappa shape index (κ3) is 3.06. The fraction of sp³-hybridized carbons (Fsp3) is 0.368. The summed E-state index contributed by atoms with van der Waals surface area (Å²) in [5, 5.41) is 9.42. The fourth-order valence-corrected chi connectivity index (χ4v) is 3.15. The summed E-state index contributed by atoms with van der Waals surface area (Å²) in [7, 11) is 0. The average Bonchev–Trinajstić information content (AvgIpc) is 3.05. The quantitative estimate of drug-likeness (QED) is 0.872. The highest BCUT2D eigenvalue weighted by Crippen LogP contribution is 2.20. The maximum absolute atomic E-state index is 13.1. The van der Waals surface area contributed by atoms with Gasteiger partial charge in [0, 0.05) is 38.1 Å². The van der Waals surface area contributed by atoms with E-state index in [9.17, 15) is 10.1 Å². The molecule has 5 heteroatoms. The Bertz CT molecular complexity index is 779. The van der Waals surface area contributed by atoms with E-state index in [0.717, 1.165) is 30.9 Å². The lowest BCUT2D eigenvalue weighted by Crippen LogP contribution is -2.48. The number of amides is 1. The second-order valence-corrected chi connectivity index (χ2v) is 6.13. The molecule has 0 saturated carbocycles. The Labute approximate surface area is 142 Å². The number of carbonyl (C=O) groups is 1. The number of likely N-dealkylation sites (N-methyl/N-ethyl adjacent to an activating group) is 1. The molecule has 0 unspecified atom stereocenters. The van der Waals surface area contributed by atoms with Crippen molar-refractivity contribution in [2.75, 3.05) is 32.7 Å². The predicted octanol–water partition coefficient (Wildman–Crippen LogP) is 2.44. The summed E-state index contributed by atoms with van der Waals surface area (Å²) in [6, 6.07) is 11.8. The molecule has 5 nitrogen and oxygen atoms in total. The van der Waals surface area contributed by atoms with E-state index in [1.807, 2.05) is 46.9 Å². The minimum Gasteiger partial charge on any atom is -0.335 e. The van der Waals surface area contributed by atoms with Crippen LogP contribution in [-0.4, -0.2) is 53.0 Å². The molecule has 2 aromatic rings. The maximum atomic E-state index is 13.1. The molecule has 1 saturated heterocycles. The number of aryl methyl sites for hydroxylation is 1. The van der Waals surface area contributed by atoms with E-state index in [4.69, 9.17) is 0 Å². The van der Waals surface area contributed by atoms with Crippen LogP contribution in [0.1, 0.15) is 28.5 Å². The van der Waals surface area contributed by atoms with Crippen molar-refractivity contribution in [3.8, 4) is 11.8 Å².